The third-order valence-electron chi connectivity index (χ3n) is 4.25. The Balaban J connectivity index is 1.56. The highest BCUT2D eigenvalue weighted by Gasteiger charge is 2.18. The van der Waals surface area contributed by atoms with Gasteiger partial charge in [0.15, 0.2) is 5.69 Å². The molecule has 1 fully saturated rings. The Morgan fingerprint density at radius 2 is 2.00 bits per heavy atom. The maximum Gasteiger partial charge on any atom is 0.273 e. The zero-order valence-electron chi connectivity index (χ0n) is 14.1. The van der Waals surface area contributed by atoms with E-state index < -0.39 is 0 Å². The van der Waals surface area contributed by atoms with Crippen molar-refractivity contribution >= 4 is 5.91 Å². The molecule has 1 N–H and O–H groups in total. The first-order chi connectivity index (χ1) is 11.6. The van der Waals surface area contributed by atoms with E-state index in [9.17, 15) is 4.79 Å². The van der Waals surface area contributed by atoms with Gasteiger partial charge in [-0.05, 0) is 26.0 Å². The largest absolute Gasteiger partial charge is 0.379 e. The number of carbonyl (C=O) groups is 1. The van der Waals surface area contributed by atoms with Crippen LogP contribution in [-0.4, -0.2) is 64.7 Å². The number of benzene rings is 1. The molecule has 7 nitrogen and oxygen atoms in total. The third kappa shape index (κ3) is 3.98. The number of hydrogen-bond donors (Lipinski definition) is 1. The normalized spacial score (nSPS) is 16.8. The highest BCUT2D eigenvalue weighted by molar-refractivity contribution is 5.91. The summed E-state index contributed by atoms with van der Waals surface area (Å²) in [4.78, 5) is 14.6. The van der Waals surface area contributed by atoms with E-state index in [4.69, 9.17) is 4.74 Å². The first-order valence-corrected chi connectivity index (χ1v) is 8.23. The molecule has 0 bridgehead atoms. The van der Waals surface area contributed by atoms with Gasteiger partial charge in [0.1, 0.15) is 0 Å². The summed E-state index contributed by atoms with van der Waals surface area (Å²) in [5.74, 6) is -0.200. The van der Waals surface area contributed by atoms with Crippen LogP contribution in [0.1, 0.15) is 23.0 Å². The molecule has 1 aliphatic rings. The molecule has 1 aliphatic heterocycles. The molecule has 2 heterocycles. The van der Waals surface area contributed by atoms with Gasteiger partial charge >= 0.3 is 0 Å². The van der Waals surface area contributed by atoms with E-state index in [1.807, 2.05) is 31.2 Å². The molecule has 0 aliphatic carbocycles. The van der Waals surface area contributed by atoms with E-state index in [0.717, 1.165) is 32.0 Å². The highest BCUT2D eigenvalue weighted by Crippen LogP contribution is 2.08. The molecule has 7 heteroatoms. The van der Waals surface area contributed by atoms with Crippen LogP contribution in [-0.2, 0) is 4.74 Å². The lowest BCUT2D eigenvalue weighted by Crippen LogP contribution is -2.47. The average Bonchev–Trinajstić information content (AvgIpc) is 3.11. The average molecular weight is 329 g/mol. The van der Waals surface area contributed by atoms with E-state index in [-0.39, 0.29) is 11.9 Å². The number of carbonyl (C=O) groups excluding carboxylic acids is 1. The number of aromatic nitrogens is 3. The second-order valence-electron chi connectivity index (χ2n) is 6.09. The Labute approximate surface area is 141 Å². The molecule has 1 aromatic carbocycles. The van der Waals surface area contributed by atoms with Gasteiger partial charge in [-0.3, -0.25) is 9.69 Å². The van der Waals surface area contributed by atoms with Gasteiger partial charge in [0.05, 0.1) is 25.1 Å². The molecule has 2 aromatic rings. The van der Waals surface area contributed by atoms with Crippen molar-refractivity contribution < 1.29 is 9.53 Å². The van der Waals surface area contributed by atoms with Crippen LogP contribution in [0.25, 0.3) is 5.69 Å². The second kappa shape index (κ2) is 7.55. The van der Waals surface area contributed by atoms with Gasteiger partial charge in [-0.25, -0.2) is 4.68 Å². The van der Waals surface area contributed by atoms with Crippen LogP contribution < -0.4 is 5.32 Å². The van der Waals surface area contributed by atoms with Crippen LogP contribution in [0, 0.1) is 6.92 Å². The predicted octanol–water partition coefficient (Wildman–Crippen LogP) is 1.03. The minimum atomic E-state index is -0.200. The number of morpholine rings is 1. The fraction of sp³-hybridized carbons (Fsp3) is 0.471. The van der Waals surface area contributed by atoms with Crippen LogP contribution in [0.2, 0.25) is 0 Å². The van der Waals surface area contributed by atoms with Crippen molar-refractivity contribution in [1.82, 2.24) is 25.2 Å². The van der Waals surface area contributed by atoms with Crippen molar-refractivity contribution in [2.45, 2.75) is 19.9 Å². The summed E-state index contributed by atoms with van der Waals surface area (Å²) in [5, 5.41) is 10.9. The maximum absolute atomic E-state index is 12.3. The van der Waals surface area contributed by atoms with E-state index in [2.05, 4.69) is 27.5 Å². The summed E-state index contributed by atoms with van der Waals surface area (Å²) in [6.07, 6.45) is 1.65. The van der Waals surface area contributed by atoms with Crippen molar-refractivity contribution in [2.75, 3.05) is 32.8 Å². The first kappa shape index (κ1) is 16.6. The van der Waals surface area contributed by atoms with Crippen LogP contribution in [0.3, 0.4) is 0 Å². The quantitative estimate of drug-likeness (QED) is 0.887. The summed E-state index contributed by atoms with van der Waals surface area (Å²) < 4.78 is 6.96. The Morgan fingerprint density at radius 3 is 2.71 bits per heavy atom. The molecule has 24 heavy (non-hydrogen) atoms. The summed E-state index contributed by atoms with van der Waals surface area (Å²) in [7, 11) is 0. The summed E-state index contributed by atoms with van der Waals surface area (Å²) >= 11 is 0. The third-order valence-corrected chi connectivity index (χ3v) is 4.25. The van der Waals surface area contributed by atoms with Crippen molar-refractivity contribution in [3.8, 4) is 5.69 Å². The van der Waals surface area contributed by atoms with Gasteiger partial charge < -0.3 is 10.1 Å². The smallest absolute Gasteiger partial charge is 0.273 e. The van der Waals surface area contributed by atoms with Crippen molar-refractivity contribution in [3.63, 3.8) is 0 Å². The van der Waals surface area contributed by atoms with Crippen LogP contribution >= 0.6 is 0 Å². The molecule has 1 saturated heterocycles. The maximum atomic E-state index is 12.3. The number of ether oxygens (including phenoxy) is 1. The number of nitrogens with zero attached hydrogens (tertiary/aromatic N) is 4. The lowest BCUT2D eigenvalue weighted by atomic mass is 10.2. The number of nitrogens with one attached hydrogen (secondary N) is 1. The van der Waals surface area contributed by atoms with E-state index >= 15 is 0 Å². The lowest BCUT2D eigenvalue weighted by molar-refractivity contribution is 0.0204. The van der Waals surface area contributed by atoms with Gasteiger partial charge in [-0.1, -0.05) is 22.9 Å². The van der Waals surface area contributed by atoms with Gasteiger partial charge in [-0.15, -0.1) is 5.10 Å². The molecule has 128 valence electrons. The summed E-state index contributed by atoms with van der Waals surface area (Å²) in [6.45, 7) is 8.03. The molecule has 1 amide bonds. The van der Waals surface area contributed by atoms with Gasteiger partial charge in [0.25, 0.3) is 5.91 Å². The van der Waals surface area contributed by atoms with Crippen LogP contribution in [0.4, 0.5) is 0 Å². The van der Waals surface area contributed by atoms with E-state index in [0.29, 0.717) is 12.2 Å². The Kier molecular flexibility index (Phi) is 5.22. The number of rotatable bonds is 5. The molecule has 0 radical (unpaired) electrons. The van der Waals surface area contributed by atoms with Gasteiger partial charge in [0, 0.05) is 25.7 Å². The number of hydrogen-bond acceptors (Lipinski definition) is 5. The minimum Gasteiger partial charge on any atom is -0.379 e. The monoisotopic (exact) mass is 329 g/mol. The molecule has 3 rings (SSSR count). The fourth-order valence-corrected chi connectivity index (χ4v) is 2.67. The zero-order valence-corrected chi connectivity index (χ0v) is 14.1. The SMILES string of the molecule is Cc1ccc(-n2cc(C(=O)NCC(C)N3CCOCC3)nn2)cc1. The van der Waals surface area contributed by atoms with Crippen molar-refractivity contribution in [2.24, 2.45) is 0 Å². The fourth-order valence-electron chi connectivity index (χ4n) is 2.67. The molecular formula is C17H23N5O2. The molecule has 1 aromatic heterocycles. The highest BCUT2D eigenvalue weighted by atomic mass is 16.5. The van der Waals surface area contributed by atoms with Crippen molar-refractivity contribution in [1.29, 1.82) is 0 Å². The lowest BCUT2D eigenvalue weighted by Gasteiger charge is -2.32. The second-order valence-corrected chi connectivity index (χ2v) is 6.09. The summed E-state index contributed by atoms with van der Waals surface area (Å²) in [5.41, 5.74) is 2.38. The van der Waals surface area contributed by atoms with Crippen LogP contribution in [0.5, 0.6) is 0 Å². The molecule has 1 atom stereocenters. The number of amides is 1. The predicted molar refractivity (Wildman–Crippen MR) is 90.3 cm³/mol. The Morgan fingerprint density at radius 1 is 1.29 bits per heavy atom. The Hall–Kier alpha value is -2.25. The topological polar surface area (TPSA) is 72.3 Å². The molecule has 0 saturated carbocycles. The molecule has 1 unspecified atom stereocenters. The number of aryl methyl sites for hydroxylation is 1. The zero-order chi connectivity index (χ0) is 16.9. The summed E-state index contributed by atoms with van der Waals surface area (Å²) in [6, 6.07) is 8.17. The Bertz CT molecular complexity index is 677. The van der Waals surface area contributed by atoms with Gasteiger partial charge in [-0.2, -0.15) is 0 Å². The van der Waals surface area contributed by atoms with Crippen LogP contribution in [0.15, 0.2) is 30.5 Å². The standard InChI is InChI=1S/C17H23N5O2/c1-13-3-5-15(6-4-13)22-12-16(19-20-22)17(23)18-11-14(2)21-7-9-24-10-8-21/h3-6,12,14H,7-11H2,1-2H3,(H,18,23). The molecule has 0 spiro atoms. The minimum absolute atomic E-state index is 0.200. The van der Waals surface area contributed by atoms with E-state index in [1.54, 1.807) is 10.9 Å². The van der Waals surface area contributed by atoms with Gasteiger partial charge in [0.2, 0.25) is 0 Å². The molecular weight excluding hydrogens is 306 g/mol. The van der Waals surface area contributed by atoms with E-state index in [1.165, 1.54) is 5.56 Å². The van der Waals surface area contributed by atoms with Crippen molar-refractivity contribution in [3.05, 3.63) is 41.7 Å². The first-order valence-electron chi connectivity index (χ1n) is 8.23.